The minimum absolute atomic E-state index is 0.0235. The van der Waals surface area contributed by atoms with Gasteiger partial charge < -0.3 is 20.5 Å². The molecule has 0 aliphatic carbocycles. The summed E-state index contributed by atoms with van der Waals surface area (Å²) in [5.74, 6) is 0.655. The summed E-state index contributed by atoms with van der Waals surface area (Å²) < 4.78 is 4.83. The van der Waals surface area contributed by atoms with Crippen molar-refractivity contribution in [2.24, 2.45) is 5.73 Å². The minimum atomic E-state index is -1.05. The van der Waals surface area contributed by atoms with Gasteiger partial charge in [0, 0.05) is 13.1 Å². The van der Waals surface area contributed by atoms with Crippen LogP contribution >= 0.6 is 0 Å². The molecule has 1 heterocycles. The number of carbonyl (C=O) groups excluding carboxylic acids is 2. The van der Waals surface area contributed by atoms with Gasteiger partial charge in [0.15, 0.2) is 0 Å². The lowest BCUT2D eigenvalue weighted by Crippen LogP contribution is -2.53. The number of nitrogens with two attached hydrogens (primary N) is 1. The smallest absolute Gasteiger partial charge is 0.410 e. The van der Waals surface area contributed by atoms with Crippen LogP contribution in [0.1, 0.15) is 13.3 Å². The molecule has 1 aliphatic rings. The number of hydrogen-bond donors (Lipinski definition) is 2. The molecule has 0 radical (unpaired) electrons. The van der Waals surface area contributed by atoms with E-state index in [1.165, 1.54) is 9.80 Å². The second-order valence-electron chi connectivity index (χ2n) is 4.03. The van der Waals surface area contributed by atoms with Crippen LogP contribution in [-0.4, -0.2) is 65.3 Å². The molecule has 3 N–H and O–H groups in total. The Balaban J connectivity index is 2.69. The number of carboxylic acids is 1. The summed E-state index contributed by atoms with van der Waals surface area (Å²) in [7, 11) is 0. The number of carbonyl (C=O) groups is 2. The molecule has 19 heavy (non-hydrogen) atoms. The van der Waals surface area contributed by atoms with E-state index in [2.05, 4.69) is 0 Å². The SMILES string of the molecule is CCOC(=O)N1CCN(C(N)CC(=O)O)C(=C=O)C1. The van der Waals surface area contributed by atoms with Gasteiger partial charge >= 0.3 is 12.1 Å². The van der Waals surface area contributed by atoms with Crippen LogP contribution in [0.5, 0.6) is 0 Å². The van der Waals surface area contributed by atoms with Crippen molar-refractivity contribution in [1.29, 1.82) is 0 Å². The number of piperazine rings is 1. The van der Waals surface area contributed by atoms with Gasteiger partial charge in [-0.05, 0) is 6.92 Å². The quantitative estimate of drug-likeness (QED) is 0.646. The maximum Gasteiger partial charge on any atom is 0.410 e. The van der Waals surface area contributed by atoms with Gasteiger partial charge in [0.25, 0.3) is 0 Å². The Kier molecular flexibility index (Phi) is 5.35. The number of carboxylic acid groups (broad SMARTS) is 1. The van der Waals surface area contributed by atoms with E-state index in [4.69, 9.17) is 15.6 Å². The molecule has 0 bridgehead atoms. The van der Waals surface area contributed by atoms with Crippen molar-refractivity contribution in [3.05, 3.63) is 5.70 Å². The van der Waals surface area contributed by atoms with Crippen LogP contribution in [0.25, 0.3) is 0 Å². The first-order chi connectivity index (χ1) is 8.99. The van der Waals surface area contributed by atoms with Crippen molar-refractivity contribution >= 4 is 18.0 Å². The monoisotopic (exact) mass is 271 g/mol. The molecule has 1 fully saturated rings. The Bertz CT molecular complexity index is 405. The Morgan fingerprint density at radius 1 is 1.53 bits per heavy atom. The van der Waals surface area contributed by atoms with Gasteiger partial charge in [-0.1, -0.05) is 0 Å². The number of ether oxygens (including phenoxy) is 1. The van der Waals surface area contributed by atoms with Gasteiger partial charge in [0.05, 0.1) is 25.7 Å². The average molecular weight is 271 g/mol. The van der Waals surface area contributed by atoms with Crippen molar-refractivity contribution in [1.82, 2.24) is 9.80 Å². The van der Waals surface area contributed by atoms with Crippen molar-refractivity contribution in [2.45, 2.75) is 19.5 Å². The molecule has 1 amide bonds. The summed E-state index contributed by atoms with van der Waals surface area (Å²) >= 11 is 0. The first kappa shape index (κ1) is 15.0. The topological polar surface area (TPSA) is 113 Å². The zero-order valence-electron chi connectivity index (χ0n) is 10.7. The minimum Gasteiger partial charge on any atom is -0.481 e. The molecule has 1 unspecified atom stereocenters. The number of aliphatic carboxylic acids is 1. The fourth-order valence-electron chi connectivity index (χ4n) is 1.83. The van der Waals surface area contributed by atoms with Crippen LogP contribution in [0.15, 0.2) is 5.70 Å². The summed E-state index contributed by atoms with van der Waals surface area (Å²) in [5, 5.41) is 8.68. The van der Waals surface area contributed by atoms with E-state index in [1.807, 2.05) is 0 Å². The summed E-state index contributed by atoms with van der Waals surface area (Å²) in [6, 6.07) is 0. The molecular weight excluding hydrogens is 254 g/mol. The van der Waals surface area contributed by atoms with Gasteiger partial charge in [0.1, 0.15) is 11.6 Å². The average Bonchev–Trinajstić information content (AvgIpc) is 2.37. The van der Waals surface area contributed by atoms with E-state index in [9.17, 15) is 14.4 Å². The Hall–Kier alpha value is -2.05. The molecule has 0 aromatic rings. The van der Waals surface area contributed by atoms with E-state index in [0.29, 0.717) is 6.54 Å². The second-order valence-corrected chi connectivity index (χ2v) is 4.03. The van der Waals surface area contributed by atoms with Gasteiger partial charge in [-0.15, -0.1) is 0 Å². The lowest BCUT2D eigenvalue weighted by molar-refractivity contribution is -0.138. The highest BCUT2D eigenvalue weighted by Gasteiger charge is 2.29. The number of rotatable bonds is 4. The lowest BCUT2D eigenvalue weighted by atomic mass is 10.2. The summed E-state index contributed by atoms with van der Waals surface area (Å²) in [4.78, 5) is 35.8. The fourth-order valence-corrected chi connectivity index (χ4v) is 1.83. The van der Waals surface area contributed by atoms with Crippen LogP contribution < -0.4 is 5.73 Å². The van der Waals surface area contributed by atoms with E-state index < -0.39 is 18.2 Å². The van der Waals surface area contributed by atoms with Crippen LogP contribution in [-0.2, 0) is 14.3 Å². The maximum absolute atomic E-state index is 11.5. The summed E-state index contributed by atoms with van der Waals surface area (Å²) in [6.07, 6.45) is -1.61. The predicted molar refractivity (Wildman–Crippen MR) is 64.7 cm³/mol. The standard InChI is InChI=1S/C11H17N3O5/c1-2-19-11(18)13-3-4-14(8(6-13)7-15)9(12)5-10(16)17/h9H,2-6,12H2,1H3,(H,16,17). The molecule has 8 heteroatoms. The molecule has 1 atom stereocenters. The fraction of sp³-hybridized carbons (Fsp3) is 0.636. The van der Waals surface area contributed by atoms with Crippen LogP contribution in [0.3, 0.4) is 0 Å². The largest absolute Gasteiger partial charge is 0.481 e. The zero-order chi connectivity index (χ0) is 14.4. The lowest BCUT2D eigenvalue weighted by Gasteiger charge is -2.38. The van der Waals surface area contributed by atoms with Crippen molar-refractivity contribution in [3.63, 3.8) is 0 Å². The second kappa shape index (κ2) is 6.77. The van der Waals surface area contributed by atoms with Gasteiger partial charge in [-0.3, -0.25) is 9.69 Å². The van der Waals surface area contributed by atoms with E-state index in [0.717, 1.165) is 0 Å². The van der Waals surface area contributed by atoms with Crippen LogP contribution in [0.4, 0.5) is 4.79 Å². The van der Waals surface area contributed by atoms with Crippen molar-refractivity contribution < 1.29 is 24.2 Å². The Morgan fingerprint density at radius 2 is 2.21 bits per heavy atom. The number of amides is 1. The van der Waals surface area contributed by atoms with E-state index >= 15 is 0 Å². The number of hydrogen-bond acceptors (Lipinski definition) is 6. The van der Waals surface area contributed by atoms with Crippen molar-refractivity contribution in [2.75, 3.05) is 26.2 Å². The molecule has 8 nitrogen and oxygen atoms in total. The van der Waals surface area contributed by atoms with Gasteiger partial charge in [0.2, 0.25) is 0 Å². The van der Waals surface area contributed by atoms with Gasteiger partial charge in [-0.25, -0.2) is 9.59 Å². The van der Waals surface area contributed by atoms with Gasteiger partial charge in [-0.2, -0.15) is 0 Å². The third-order valence-electron chi connectivity index (χ3n) is 2.73. The van der Waals surface area contributed by atoms with Crippen molar-refractivity contribution in [3.8, 4) is 0 Å². The first-order valence-corrected chi connectivity index (χ1v) is 5.89. The summed E-state index contributed by atoms with van der Waals surface area (Å²) in [6.45, 7) is 2.55. The van der Waals surface area contributed by atoms with Crippen LogP contribution in [0, 0.1) is 0 Å². The first-order valence-electron chi connectivity index (χ1n) is 5.89. The highest BCUT2D eigenvalue weighted by molar-refractivity contribution is 5.70. The molecule has 0 saturated carbocycles. The highest BCUT2D eigenvalue weighted by atomic mass is 16.6. The van der Waals surface area contributed by atoms with Crippen LogP contribution in [0.2, 0.25) is 0 Å². The molecule has 1 aliphatic heterocycles. The molecular formula is C11H17N3O5. The third kappa shape index (κ3) is 3.97. The Labute approximate surface area is 110 Å². The molecule has 1 rings (SSSR count). The molecule has 0 spiro atoms. The normalized spacial score (nSPS) is 16.8. The summed E-state index contributed by atoms with van der Waals surface area (Å²) in [5.41, 5.74) is 5.87. The molecule has 0 aromatic heterocycles. The maximum atomic E-state index is 11.5. The zero-order valence-corrected chi connectivity index (χ0v) is 10.7. The Morgan fingerprint density at radius 3 is 2.74 bits per heavy atom. The molecule has 1 saturated heterocycles. The molecule has 106 valence electrons. The predicted octanol–water partition coefficient (Wildman–Crippen LogP) is -0.764. The highest BCUT2D eigenvalue weighted by Crippen LogP contribution is 2.15. The van der Waals surface area contributed by atoms with E-state index in [1.54, 1.807) is 12.9 Å². The third-order valence-corrected chi connectivity index (χ3v) is 2.73. The van der Waals surface area contributed by atoms with E-state index in [-0.39, 0.29) is 31.8 Å². The molecule has 0 aromatic carbocycles. The number of nitrogens with zero attached hydrogens (tertiary/aromatic N) is 2.